The molecule has 0 fully saturated rings. The van der Waals surface area contributed by atoms with Crippen molar-refractivity contribution in [1.82, 2.24) is 0 Å². The third-order valence-electron chi connectivity index (χ3n) is 1.11. The summed E-state index contributed by atoms with van der Waals surface area (Å²) in [5, 5.41) is 0. The highest BCUT2D eigenvalue weighted by atomic mass is 16.3. The first kappa shape index (κ1) is 5.48. The van der Waals surface area contributed by atoms with Crippen molar-refractivity contribution in [3.8, 4) is 0 Å². The molecule has 0 spiro atoms. The van der Waals surface area contributed by atoms with E-state index in [0.29, 0.717) is 6.71 Å². The first-order valence-electron chi connectivity index (χ1n) is 2.84. The van der Waals surface area contributed by atoms with Gasteiger partial charge in [-0.05, 0) is 12.1 Å². The highest BCUT2D eigenvalue weighted by molar-refractivity contribution is 6.69. The molecule has 0 saturated carbocycles. The molecule has 0 aliphatic carbocycles. The van der Waals surface area contributed by atoms with Crippen molar-refractivity contribution in [2.75, 3.05) is 0 Å². The highest BCUT2D eigenvalue weighted by Crippen LogP contribution is 1.86. The normalized spacial score (nSPS) is 9.25. The van der Waals surface area contributed by atoms with E-state index < -0.39 is 0 Å². The fourth-order valence-corrected chi connectivity index (χ4v) is 0.620. The Labute approximate surface area is 49.8 Å². The molecule has 0 saturated heterocycles. The molecule has 0 aliphatic heterocycles. The second kappa shape index (κ2) is 2.08. The van der Waals surface area contributed by atoms with Crippen LogP contribution in [-0.4, -0.2) is 6.71 Å². The number of hydrogen-bond acceptors (Lipinski definition) is 1. The van der Waals surface area contributed by atoms with E-state index in [1.54, 1.807) is 6.26 Å². The van der Waals surface area contributed by atoms with Crippen LogP contribution < -0.4 is 5.66 Å². The molecule has 0 bridgehead atoms. The molecular weight excluding hydrogens is 98.9 g/mol. The third kappa shape index (κ3) is 0.943. The van der Waals surface area contributed by atoms with Gasteiger partial charge >= 0.3 is 0 Å². The average molecular weight is 108 g/mol. The van der Waals surface area contributed by atoms with Gasteiger partial charge in [-0.3, -0.25) is 0 Å². The summed E-state index contributed by atoms with van der Waals surface area (Å²) >= 11 is 0. The zero-order valence-corrected chi connectivity index (χ0v) is 5.22. The lowest BCUT2D eigenvalue weighted by molar-refractivity contribution is 0.599. The Kier molecular flexibility index (Phi) is 1.42. The summed E-state index contributed by atoms with van der Waals surface area (Å²) in [7, 11) is 0. The van der Waals surface area contributed by atoms with Crippen molar-refractivity contribution < 1.29 is 4.42 Å². The smallest absolute Gasteiger partial charge is 0.216 e. The lowest BCUT2D eigenvalue weighted by Gasteiger charge is -1.90. The molecule has 0 amide bonds. The van der Waals surface area contributed by atoms with E-state index in [1.165, 1.54) is 0 Å². The zero-order chi connectivity index (χ0) is 5.98. The predicted molar refractivity (Wildman–Crippen MR) is 35.8 cm³/mol. The molecule has 0 N–H and O–H groups in total. The third-order valence-corrected chi connectivity index (χ3v) is 1.11. The van der Waals surface area contributed by atoms with Crippen molar-refractivity contribution in [1.29, 1.82) is 0 Å². The average Bonchev–Trinajstić information content (AvgIpc) is 2.12. The van der Waals surface area contributed by atoms with E-state index in [4.69, 9.17) is 4.42 Å². The van der Waals surface area contributed by atoms with Gasteiger partial charge in [-0.1, -0.05) is 13.6 Å². The first-order chi connectivity index (χ1) is 3.80. The van der Waals surface area contributed by atoms with Crippen LogP contribution in [-0.2, 0) is 0 Å². The quantitative estimate of drug-likeness (QED) is 0.493. The second-order valence-electron chi connectivity index (χ2n) is 2.17. The molecule has 1 heterocycles. The molecule has 2 heteroatoms. The topological polar surface area (TPSA) is 13.1 Å². The van der Waals surface area contributed by atoms with E-state index in [0.717, 1.165) is 5.66 Å². The van der Waals surface area contributed by atoms with E-state index >= 15 is 0 Å². The minimum Gasteiger partial charge on any atom is -0.480 e. The minimum absolute atomic E-state index is 0.519. The Morgan fingerprint density at radius 1 is 1.50 bits per heavy atom. The summed E-state index contributed by atoms with van der Waals surface area (Å²) in [5.41, 5.74) is 1.06. The maximum absolute atomic E-state index is 5.09. The van der Waals surface area contributed by atoms with Gasteiger partial charge in [0.25, 0.3) is 0 Å². The monoisotopic (exact) mass is 108 g/mol. The lowest BCUT2D eigenvalue weighted by Crippen LogP contribution is -2.19. The molecule has 1 aromatic heterocycles. The van der Waals surface area contributed by atoms with E-state index in [-0.39, 0.29) is 0 Å². The fourth-order valence-electron chi connectivity index (χ4n) is 0.620. The van der Waals surface area contributed by atoms with Crippen molar-refractivity contribution >= 4 is 12.4 Å². The van der Waals surface area contributed by atoms with Gasteiger partial charge in [0, 0.05) is 0 Å². The summed E-state index contributed by atoms with van der Waals surface area (Å²) < 4.78 is 5.09. The first-order valence-corrected chi connectivity index (χ1v) is 2.84. The molecule has 42 valence electrons. The van der Waals surface area contributed by atoms with Crippen LogP contribution in [0.3, 0.4) is 0 Å². The second-order valence-corrected chi connectivity index (χ2v) is 2.17. The van der Waals surface area contributed by atoms with Gasteiger partial charge in [0.2, 0.25) is 6.71 Å². The maximum Gasteiger partial charge on any atom is 0.216 e. The number of furan rings is 1. The van der Waals surface area contributed by atoms with E-state index in [1.807, 2.05) is 12.1 Å². The summed E-state index contributed by atoms with van der Waals surface area (Å²) in [6, 6.07) is 3.90. The summed E-state index contributed by atoms with van der Waals surface area (Å²) in [6.07, 6.45) is 1.70. The van der Waals surface area contributed by atoms with Crippen LogP contribution in [0.5, 0.6) is 0 Å². The molecule has 8 heavy (non-hydrogen) atoms. The van der Waals surface area contributed by atoms with Crippen molar-refractivity contribution in [3.05, 3.63) is 18.4 Å². The largest absolute Gasteiger partial charge is 0.480 e. The Bertz CT molecular complexity index is 144. The van der Waals surface area contributed by atoms with Crippen LogP contribution in [0.1, 0.15) is 0 Å². The molecule has 1 rings (SSSR count). The van der Waals surface area contributed by atoms with Crippen molar-refractivity contribution in [2.45, 2.75) is 13.6 Å². The van der Waals surface area contributed by atoms with Crippen LogP contribution >= 0.6 is 0 Å². The minimum atomic E-state index is 0.519. The highest BCUT2D eigenvalue weighted by Gasteiger charge is 2.03. The van der Waals surface area contributed by atoms with Crippen LogP contribution in [0.25, 0.3) is 0 Å². The van der Waals surface area contributed by atoms with Crippen LogP contribution in [0.2, 0.25) is 13.6 Å². The summed E-state index contributed by atoms with van der Waals surface area (Å²) in [5.74, 6) is 0. The number of hydrogen-bond donors (Lipinski definition) is 0. The van der Waals surface area contributed by atoms with Gasteiger partial charge in [0.15, 0.2) is 0 Å². The lowest BCUT2D eigenvalue weighted by atomic mass is 9.53. The predicted octanol–water partition coefficient (Wildman–Crippen LogP) is 1.24. The zero-order valence-electron chi connectivity index (χ0n) is 5.22. The fraction of sp³-hybridized carbons (Fsp3) is 0.333. The molecule has 0 aliphatic rings. The van der Waals surface area contributed by atoms with Gasteiger partial charge in [0.05, 0.1) is 11.9 Å². The summed E-state index contributed by atoms with van der Waals surface area (Å²) in [4.78, 5) is 0. The van der Waals surface area contributed by atoms with E-state index in [9.17, 15) is 0 Å². The summed E-state index contributed by atoms with van der Waals surface area (Å²) in [6.45, 7) is 4.74. The van der Waals surface area contributed by atoms with Gasteiger partial charge in [-0.2, -0.15) is 0 Å². The van der Waals surface area contributed by atoms with Gasteiger partial charge < -0.3 is 4.42 Å². The molecule has 0 atom stereocenters. The molecule has 0 unspecified atom stereocenters. The van der Waals surface area contributed by atoms with Crippen LogP contribution in [0, 0.1) is 0 Å². The van der Waals surface area contributed by atoms with E-state index in [2.05, 4.69) is 13.6 Å². The van der Waals surface area contributed by atoms with Gasteiger partial charge in [-0.25, -0.2) is 0 Å². The Morgan fingerprint density at radius 2 is 2.25 bits per heavy atom. The standard InChI is InChI=1S/C6H9BO/c1-7(2)6-4-3-5-8-6/h3-5H,1-2H3. The van der Waals surface area contributed by atoms with Gasteiger partial charge in [-0.15, -0.1) is 0 Å². The Morgan fingerprint density at radius 3 is 2.50 bits per heavy atom. The SMILES string of the molecule is CB(C)c1ccco1. The van der Waals surface area contributed by atoms with Crippen LogP contribution in [0.15, 0.2) is 22.8 Å². The molecule has 0 aromatic carbocycles. The Balaban J connectivity index is 2.77. The maximum atomic E-state index is 5.09. The Hall–Kier alpha value is -0.655. The van der Waals surface area contributed by atoms with Crippen molar-refractivity contribution in [2.24, 2.45) is 0 Å². The molecular formula is C6H9BO. The van der Waals surface area contributed by atoms with Gasteiger partial charge in [0.1, 0.15) is 0 Å². The molecule has 1 nitrogen and oxygen atoms in total. The van der Waals surface area contributed by atoms with Crippen LogP contribution in [0.4, 0.5) is 0 Å². The van der Waals surface area contributed by atoms with Crippen molar-refractivity contribution in [3.63, 3.8) is 0 Å². The number of rotatable bonds is 1. The molecule has 0 radical (unpaired) electrons. The molecule has 1 aromatic rings.